The maximum absolute atomic E-state index is 12.3. The summed E-state index contributed by atoms with van der Waals surface area (Å²) in [6, 6.07) is 12.0. The average Bonchev–Trinajstić information content (AvgIpc) is 3.01. The summed E-state index contributed by atoms with van der Waals surface area (Å²) in [5.74, 6) is 0.424. The van der Waals surface area contributed by atoms with E-state index in [1.54, 1.807) is 47.7 Å². The van der Waals surface area contributed by atoms with Gasteiger partial charge in [-0.2, -0.15) is 0 Å². The fraction of sp³-hybridized carbons (Fsp3) is 0.158. The van der Waals surface area contributed by atoms with Crippen molar-refractivity contribution in [1.82, 2.24) is 4.98 Å². The molecule has 0 saturated heterocycles. The van der Waals surface area contributed by atoms with Gasteiger partial charge in [0.15, 0.2) is 0 Å². The second-order valence-electron chi connectivity index (χ2n) is 5.65. The number of hydrogen-bond acceptors (Lipinski definition) is 5. The molecule has 0 aliphatic carbocycles. The number of nitrogens with zero attached hydrogens (tertiary/aromatic N) is 1. The first-order chi connectivity index (χ1) is 12.0. The van der Waals surface area contributed by atoms with Crippen LogP contribution in [0.15, 0.2) is 47.8 Å². The van der Waals surface area contributed by atoms with E-state index in [9.17, 15) is 9.90 Å². The molecule has 0 fully saturated rings. The van der Waals surface area contributed by atoms with Gasteiger partial charge < -0.3 is 15.2 Å². The highest BCUT2D eigenvalue weighted by Gasteiger charge is 2.09. The number of phenolic OH excluding ortho intramolecular Hbond substituents is 1. The predicted molar refractivity (Wildman–Crippen MR) is 98.4 cm³/mol. The predicted octanol–water partition coefficient (Wildman–Crippen LogP) is 4.30. The number of anilines is 1. The highest BCUT2D eigenvalue weighted by molar-refractivity contribution is 7.09. The van der Waals surface area contributed by atoms with Crippen LogP contribution in [0.2, 0.25) is 0 Å². The molecule has 0 aliphatic rings. The van der Waals surface area contributed by atoms with Crippen molar-refractivity contribution in [2.75, 3.05) is 5.32 Å². The molecule has 1 aromatic heterocycles. The fourth-order valence-electron chi connectivity index (χ4n) is 2.28. The van der Waals surface area contributed by atoms with Gasteiger partial charge in [0.05, 0.1) is 16.4 Å². The second kappa shape index (κ2) is 7.36. The summed E-state index contributed by atoms with van der Waals surface area (Å²) in [7, 11) is 0. The van der Waals surface area contributed by atoms with Crippen LogP contribution in [0.1, 0.15) is 26.6 Å². The lowest BCUT2D eigenvalue weighted by Crippen LogP contribution is -2.11. The maximum atomic E-state index is 12.3. The zero-order valence-corrected chi connectivity index (χ0v) is 14.8. The number of aromatic nitrogens is 1. The summed E-state index contributed by atoms with van der Waals surface area (Å²) in [5.41, 5.74) is 2.68. The maximum Gasteiger partial charge on any atom is 0.255 e. The van der Waals surface area contributed by atoms with Crippen molar-refractivity contribution in [1.29, 1.82) is 0 Å². The van der Waals surface area contributed by atoms with Gasteiger partial charge in [-0.05, 0) is 55.8 Å². The Morgan fingerprint density at radius 3 is 2.60 bits per heavy atom. The van der Waals surface area contributed by atoms with Gasteiger partial charge in [-0.1, -0.05) is 6.07 Å². The molecule has 2 N–H and O–H groups in total. The summed E-state index contributed by atoms with van der Waals surface area (Å²) in [4.78, 5) is 16.6. The first-order valence-corrected chi connectivity index (χ1v) is 8.64. The van der Waals surface area contributed by atoms with E-state index >= 15 is 0 Å². The third-order valence-corrected chi connectivity index (χ3v) is 4.39. The molecule has 0 bridgehead atoms. The smallest absolute Gasteiger partial charge is 0.255 e. The van der Waals surface area contributed by atoms with Crippen molar-refractivity contribution in [2.24, 2.45) is 0 Å². The largest absolute Gasteiger partial charge is 0.506 e. The van der Waals surface area contributed by atoms with Crippen molar-refractivity contribution in [3.63, 3.8) is 0 Å². The lowest BCUT2D eigenvalue weighted by Gasteiger charge is -2.09. The van der Waals surface area contributed by atoms with E-state index < -0.39 is 0 Å². The van der Waals surface area contributed by atoms with E-state index in [4.69, 9.17) is 4.74 Å². The van der Waals surface area contributed by atoms with Crippen molar-refractivity contribution in [3.05, 3.63) is 69.7 Å². The molecule has 5 nitrogen and oxygen atoms in total. The number of nitrogens with one attached hydrogen (secondary N) is 1. The minimum Gasteiger partial charge on any atom is -0.506 e. The first-order valence-electron chi connectivity index (χ1n) is 7.76. The normalized spacial score (nSPS) is 10.5. The van der Waals surface area contributed by atoms with Crippen LogP contribution in [0.25, 0.3) is 0 Å². The van der Waals surface area contributed by atoms with Crippen molar-refractivity contribution < 1.29 is 14.6 Å². The average molecular weight is 354 g/mol. The molecule has 0 radical (unpaired) electrons. The molecule has 0 atom stereocenters. The Labute approximate surface area is 149 Å². The highest BCUT2D eigenvalue weighted by atomic mass is 32.1. The van der Waals surface area contributed by atoms with E-state index in [1.807, 2.05) is 25.3 Å². The minimum atomic E-state index is -0.291. The van der Waals surface area contributed by atoms with Crippen LogP contribution in [0, 0.1) is 13.8 Å². The van der Waals surface area contributed by atoms with Gasteiger partial charge in [0.25, 0.3) is 5.91 Å². The SMILES string of the molecule is Cc1ccc(NC(=O)c2ccc(OCc3csc(C)n3)cc2)c(O)c1. The van der Waals surface area contributed by atoms with Gasteiger partial charge in [0.2, 0.25) is 0 Å². The van der Waals surface area contributed by atoms with Gasteiger partial charge in [0, 0.05) is 10.9 Å². The third kappa shape index (κ3) is 4.36. The van der Waals surface area contributed by atoms with Crippen LogP contribution in [-0.4, -0.2) is 16.0 Å². The third-order valence-electron chi connectivity index (χ3n) is 3.57. The van der Waals surface area contributed by atoms with Crippen molar-refractivity contribution in [3.8, 4) is 11.5 Å². The standard InChI is InChI=1S/C19H18N2O3S/c1-12-3-8-17(18(22)9-12)21-19(23)14-4-6-16(7-5-14)24-10-15-11-25-13(2)20-15/h3-9,11,22H,10H2,1-2H3,(H,21,23). The van der Waals surface area contributed by atoms with Gasteiger partial charge in [-0.15, -0.1) is 11.3 Å². The molecule has 6 heteroatoms. The molecular formula is C19H18N2O3S. The fourth-order valence-corrected chi connectivity index (χ4v) is 2.87. The van der Waals surface area contributed by atoms with Gasteiger partial charge in [-0.3, -0.25) is 4.79 Å². The Morgan fingerprint density at radius 2 is 1.96 bits per heavy atom. The molecule has 0 aliphatic heterocycles. The Hall–Kier alpha value is -2.86. The molecule has 3 aromatic rings. The summed E-state index contributed by atoms with van der Waals surface area (Å²) >= 11 is 1.58. The number of amides is 1. The topological polar surface area (TPSA) is 71.5 Å². The zero-order chi connectivity index (χ0) is 17.8. The summed E-state index contributed by atoms with van der Waals surface area (Å²) in [5, 5.41) is 15.5. The number of aryl methyl sites for hydroxylation is 2. The number of aromatic hydroxyl groups is 1. The van der Waals surface area contributed by atoms with Crippen LogP contribution >= 0.6 is 11.3 Å². The number of thiazole rings is 1. The van der Waals surface area contributed by atoms with Gasteiger partial charge >= 0.3 is 0 Å². The van der Waals surface area contributed by atoms with Crippen LogP contribution in [0.3, 0.4) is 0 Å². The van der Waals surface area contributed by atoms with Gasteiger partial charge in [-0.25, -0.2) is 4.98 Å². The van der Waals surface area contributed by atoms with E-state index in [2.05, 4.69) is 10.3 Å². The van der Waals surface area contributed by atoms with Gasteiger partial charge in [0.1, 0.15) is 18.1 Å². The molecule has 1 heterocycles. The number of ether oxygens (including phenoxy) is 1. The Bertz CT molecular complexity index is 888. The minimum absolute atomic E-state index is 0.0480. The monoisotopic (exact) mass is 354 g/mol. The highest BCUT2D eigenvalue weighted by Crippen LogP contribution is 2.24. The van der Waals surface area contributed by atoms with E-state index in [-0.39, 0.29) is 11.7 Å². The van der Waals surface area contributed by atoms with Crippen molar-refractivity contribution in [2.45, 2.75) is 20.5 Å². The summed E-state index contributed by atoms with van der Waals surface area (Å²) < 4.78 is 5.66. The second-order valence-corrected chi connectivity index (χ2v) is 6.71. The molecule has 1 amide bonds. The molecule has 3 rings (SSSR count). The number of phenols is 1. The van der Waals surface area contributed by atoms with Crippen LogP contribution in [0.5, 0.6) is 11.5 Å². The van der Waals surface area contributed by atoms with Crippen molar-refractivity contribution >= 4 is 22.9 Å². The number of carbonyl (C=O) groups excluding carboxylic acids is 1. The van der Waals surface area contributed by atoms with E-state index in [1.165, 1.54) is 0 Å². The number of rotatable bonds is 5. The molecule has 128 valence electrons. The number of benzene rings is 2. The Kier molecular flexibility index (Phi) is 5.00. The lowest BCUT2D eigenvalue weighted by atomic mass is 10.1. The van der Waals surface area contributed by atoms with E-state index in [0.29, 0.717) is 23.6 Å². The Balaban J connectivity index is 1.62. The lowest BCUT2D eigenvalue weighted by molar-refractivity contribution is 0.102. The summed E-state index contributed by atoms with van der Waals surface area (Å²) in [6.07, 6.45) is 0. The molecule has 2 aromatic carbocycles. The molecule has 25 heavy (non-hydrogen) atoms. The van der Waals surface area contributed by atoms with E-state index in [0.717, 1.165) is 16.3 Å². The van der Waals surface area contributed by atoms with Crippen LogP contribution in [0.4, 0.5) is 5.69 Å². The molecule has 0 unspecified atom stereocenters. The molecule has 0 saturated carbocycles. The quantitative estimate of drug-likeness (QED) is 0.670. The number of carbonyl (C=O) groups is 1. The number of hydrogen-bond donors (Lipinski definition) is 2. The molecule has 0 spiro atoms. The van der Waals surface area contributed by atoms with Crippen LogP contribution in [-0.2, 0) is 6.61 Å². The first kappa shape index (κ1) is 17.0. The Morgan fingerprint density at radius 1 is 1.20 bits per heavy atom. The van der Waals surface area contributed by atoms with Crippen LogP contribution < -0.4 is 10.1 Å². The summed E-state index contributed by atoms with van der Waals surface area (Å²) in [6.45, 7) is 4.22. The molecular weight excluding hydrogens is 336 g/mol. The zero-order valence-electron chi connectivity index (χ0n) is 13.9.